The van der Waals surface area contributed by atoms with E-state index in [4.69, 9.17) is 15.5 Å². The predicted molar refractivity (Wildman–Crippen MR) is 127 cm³/mol. The third-order valence-corrected chi connectivity index (χ3v) is 7.43. The summed E-state index contributed by atoms with van der Waals surface area (Å²) in [6, 6.07) is 5.24. The van der Waals surface area contributed by atoms with Crippen LogP contribution in [0.1, 0.15) is 36.6 Å². The lowest BCUT2D eigenvalue weighted by Crippen LogP contribution is -2.51. The first-order valence-corrected chi connectivity index (χ1v) is 11.6. The lowest BCUT2D eigenvalue weighted by atomic mass is 9.73. The molecule has 2 atom stereocenters. The van der Waals surface area contributed by atoms with Crippen LogP contribution >= 0.6 is 0 Å². The Morgan fingerprint density at radius 3 is 2.85 bits per heavy atom. The van der Waals surface area contributed by atoms with E-state index in [-0.39, 0.29) is 23.4 Å². The number of fused-ring (bicyclic) bond motifs is 3. The van der Waals surface area contributed by atoms with Gasteiger partial charge in [-0.15, -0.1) is 0 Å². The normalized spacial score (nSPS) is 21.9. The highest BCUT2D eigenvalue weighted by molar-refractivity contribution is 5.94. The molecule has 1 aromatic carbocycles. The Bertz CT molecular complexity index is 1450. The number of H-pyrrole nitrogens is 1. The molecule has 0 unspecified atom stereocenters. The molecule has 0 aliphatic carbocycles. The van der Waals surface area contributed by atoms with Crippen LogP contribution in [0.25, 0.3) is 16.7 Å². The molecule has 4 aromatic rings. The fourth-order valence-corrected chi connectivity index (χ4v) is 5.24. The van der Waals surface area contributed by atoms with Gasteiger partial charge < -0.3 is 15.4 Å². The molecule has 2 fully saturated rings. The second-order valence-electron chi connectivity index (χ2n) is 9.41. The van der Waals surface area contributed by atoms with Crippen LogP contribution in [0.5, 0.6) is 0 Å². The monoisotopic (exact) mass is 459 g/mol. The number of aromatic nitrogens is 5. The summed E-state index contributed by atoms with van der Waals surface area (Å²) in [6.07, 6.45) is 5.65. The van der Waals surface area contributed by atoms with Gasteiger partial charge in [-0.2, -0.15) is 10.1 Å². The Morgan fingerprint density at radius 1 is 1.26 bits per heavy atom. The average molecular weight is 460 g/mol. The molecule has 2 aliphatic heterocycles. The summed E-state index contributed by atoms with van der Waals surface area (Å²) in [7, 11) is 0. The van der Waals surface area contributed by atoms with E-state index in [1.165, 1.54) is 0 Å². The molecule has 3 aromatic heterocycles. The number of halogens is 1. The summed E-state index contributed by atoms with van der Waals surface area (Å²) in [5, 5.41) is 8.09. The second-order valence-corrected chi connectivity index (χ2v) is 9.41. The molecular weight excluding hydrogens is 433 g/mol. The molecular formula is C25H26FN7O. The highest BCUT2D eigenvalue weighted by Gasteiger charge is 2.47. The largest absolute Gasteiger partial charge is 0.376 e. The van der Waals surface area contributed by atoms with E-state index in [2.05, 4.69) is 38.8 Å². The Kier molecular flexibility index (Phi) is 4.83. The third kappa shape index (κ3) is 3.17. The SMILES string of the molecule is Cc1cccc(C#Cc2n[nH]c3nc(N4CCC5(CC4)CO[C@@H](C)[C@H]5N)n4ccnc4c23)c1F. The van der Waals surface area contributed by atoms with E-state index in [0.717, 1.165) is 49.5 Å². The standard InChI is InChI=1S/C25H26FN7O/c1-15-4-3-5-17(20(15)26)6-7-18-19-22(31-30-18)29-24(33-13-10-28-23(19)33)32-11-8-25(9-12-32)14-34-16(2)21(25)27/h3-5,10,13,16,21H,8-9,11-12,14,27H2,1-2H3,(H,30,31)/t16-,21+/m0/s1. The van der Waals surface area contributed by atoms with E-state index < -0.39 is 0 Å². The molecule has 5 heterocycles. The van der Waals surface area contributed by atoms with Crippen LogP contribution in [0, 0.1) is 30.0 Å². The van der Waals surface area contributed by atoms with Crippen LogP contribution in [0.2, 0.25) is 0 Å². The number of piperidine rings is 1. The van der Waals surface area contributed by atoms with E-state index in [0.29, 0.717) is 22.5 Å². The van der Waals surface area contributed by atoms with Crippen molar-refractivity contribution in [1.82, 2.24) is 24.6 Å². The minimum absolute atomic E-state index is 0.0376. The molecule has 1 spiro atoms. The zero-order chi connectivity index (χ0) is 23.4. The van der Waals surface area contributed by atoms with Gasteiger partial charge in [0.1, 0.15) is 11.5 Å². The third-order valence-electron chi connectivity index (χ3n) is 7.43. The average Bonchev–Trinajstić information content (AvgIpc) is 3.55. The van der Waals surface area contributed by atoms with Gasteiger partial charge >= 0.3 is 0 Å². The highest BCUT2D eigenvalue weighted by atomic mass is 19.1. The number of hydrogen-bond acceptors (Lipinski definition) is 6. The molecule has 8 nitrogen and oxygen atoms in total. The maximum atomic E-state index is 14.4. The van der Waals surface area contributed by atoms with Crippen LogP contribution in [-0.4, -0.2) is 56.4 Å². The van der Waals surface area contributed by atoms with Gasteiger partial charge in [0.15, 0.2) is 11.3 Å². The Hall–Kier alpha value is -3.48. The zero-order valence-corrected chi connectivity index (χ0v) is 19.2. The smallest absolute Gasteiger partial charge is 0.213 e. The fourth-order valence-electron chi connectivity index (χ4n) is 5.24. The van der Waals surface area contributed by atoms with Crippen molar-refractivity contribution in [3.63, 3.8) is 0 Å². The molecule has 0 amide bonds. The number of nitrogens with zero attached hydrogens (tertiary/aromatic N) is 5. The minimum atomic E-state index is -0.314. The van der Waals surface area contributed by atoms with Gasteiger partial charge in [-0.3, -0.25) is 9.50 Å². The second kappa shape index (κ2) is 7.79. The van der Waals surface area contributed by atoms with Crippen molar-refractivity contribution < 1.29 is 9.13 Å². The maximum absolute atomic E-state index is 14.4. The summed E-state index contributed by atoms with van der Waals surface area (Å²) < 4.78 is 22.2. The van der Waals surface area contributed by atoms with E-state index in [9.17, 15) is 4.39 Å². The topological polar surface area (TPSA) is 97.4 Å². The molecule has 2 aliphatic rings. The predicted octanol–water partition coefficient (Wildman–Crippen LogP) is 2.79. The van der Waals surface area contributed by atoms with Crippen molar-refractivity contribution in [3.05, 3.63) is 53.2 Å². The molecule has 2 saturated heterocycles. The number of rotatable bonds is 1. The minimum Gasteiger partial charge on any atom is -0.376 e. The number of ether oxygens (including phenoxy) is 1. The number of aromatic amines is 1. The Labute approximate surface area is 196 Å². The highest BCUT2D eigenvalue weighted by Crippen LogP contribution is 2.42. The summed E-state index contributed by atoms with van der Waals surface area (Å²) >= 11 is 0. The quantitative estimate of drug-likeness (QED) is 0.425. The number of benzene rings is 1. The van der Waals surface area contributed by atoms with Crippen molar-refractivity contribution in [1.29, 1.82) is 0 Å². The Balaban J connectivity index is 1.35. The molecule has 174 valence electrons. The van der Waals surface area contributed by atoms with E-state index >= 15 is 0 Å². The molecule has 9 heteroatoms. The first-order valence-electron chi connectivity index (χ1n) is 11.6. The number of imidazole rings is 1. The van der Waals surface area contributed by atoms with Crippen molar-refractivity contribution in [3.8, 4) is 11.8 Å². The molecule has 0 bridgehead atoms. The van der Waals surface area contributed by atoms with Gasteiger partial charge in [0.2, 0.25) is 5.95 Å². The van der Waals surface area contributed by atoms with Gasteiger partial charge in [0.25, 0.3) is 0 Å². The van der Waals surface area contributed by atoms with Crippen LogP contribution in [0.4, 0.5) is 10.3 Å². The van der Waals surface area contributed by atoms with E-state index in [1.54, 1.807) is 31.3 Å². The van der Waals surface area contributed by atoms with Crippen LogP contribution in [0.15, 0.2) is 30.6 Å². The summed E-state index contributed by atoms with van der Waals surface area (Å²) in [5.74, 6) is 6.41. The van der Waals surface area contributed by atoms with E-state index in [1.807, 2.05) is 10.6 Å². The van der Waals surface area contributed by atoms with Gasteiger partial charge in [-0.1, -0.05) is 18.1 Å². The summed E-state index contributed by atoms with van der Waals surface area (Å²) in [5.41, 5.74) is 9.24. The van der Waals surface area contributed by atoms with Gasteiger partial charge in [-0.05, 0) is 44.2 Å². The summed E-state index contributed by atoms with van der Waals surface area (Å²) in [6.45, 7) is 6.18. The molecule has 0 saturated carbocycles. The van der Waals surface area contributed by atoms with Gasteiger partial charge in [0, 0.05) is 36.9 Å². The van der Waals surface area contributed by atoms with Gasteiger partial charge in [0.05, 0.1) is 23.7 Å². The van der Waals surface area contributed by atoms with Crippen LogP contribution in [-0.2, 0) is 4.74 Å². The van der Waals surface area contributed by atoms with Gasteiger partial charge in [-0.25, -0.2) is 9.37 Å². The number of aryl methyl sites for hydroxylation is 1. The van der Waals surface area contributed by atoms with Crippen LogP contribution in [0.3, 0.4) is 0 Å². The van der Waals surface area contributed by atoms with Crippen molar-refractivity contribution in [2.45, 2.75) is 38.8 Å². The maximum Gasteiger partial charge on any atom is 0.213 e. The number of hydrogen-bond donors (Lipinski definition) is 2. The van der Waals surface area contributed by atoms with Crippen molar-refractivity contribution in [2.24, 2.45) is 11.1 Å². The fraction of sp³-hybridized carbons (Fsp3) is 0.400. The van der Waals surface area contributed by atoms with Crippen molar-refractivity contribution >= 4 is 22.6 Å². The van der Waals surface area contributed by atoms with Crippen molar-refractivity contribution in [2.75, 3.05) is 24.6 Å². The number of nitrogens with two attached hydrogens (primary N) is 1. The lowest BCUT2D eigenvalue weighted by molar-refractivity contribution is 0.0973. The summed E-state index contributed by atoms with van der Waals surface area (Å²) in [4.78, 5) is 11.7. The zero-order valence-electron chi connectivity index (χ0n) is 19.2. The molecule has 3 N–H and O–H groups in total. The molecule has 34 heavy (non-hydrogen) atoms. The number of anilines is 1. The molecule has 0 radical (unpaired) electrons. The molecule has 6 rings (SSSR count). The lowest BCUT2D eigenvalue weighted by Gasteiger charge is -2.41. The Morgan fingerprint density at radius 2 is 2.09 bits per heavy atom. The first kappa shape index (κ1) is 21.1. The first-order chi connectivity index (χ1) is 16.5. The van der Waals surface area contributed by atoms with Crippen LogP contribution < -0.4 is 10.6 Å². The number of nitrogens with one attached hydrogen (secondary N) is 1.